The number of hydrogen-bond donors (Lipinski definition) is 2. The van der Waals surface area contributed by atoms with Gasteiger partial charge in [-0.1, -0.05) is 24.3 Å². The summed E-state index contributed by atoms with van der Waals surface area (Å²) in [4.78, 5) is 7.29. The van der Waals surface area contributed by atoms with E-state index in [9.17, 15) is 0 Å². The molecule has 1 heterocycles. The molecule has 0 spiro atoms. The van der Waals surface area contributed by atoms with Crippen LogP contribution in [-0.2, 0) is 27.3 Å². The Bertz CT molecular complexity index is 623. The van der Waals surface area contributed by atoms with Gasteiger partial charge >= 0.3 is 0 Å². The highest BCUT2D eigenvalue weighted by molar-refractivity contribution is 14.0. The maximum atomic E-state index is 5.87. The zero-order valence-corrected chi connectivity index (χ0v) is 21.9. The number of guanidine groups is 1. The number of hydrogen-bond acceptors (Lipinski definition) is 5. The van der Waals surface area contributed by atoms with E-state index < -0.39 is 0 Å². The standard InChI is InChI=1S/C23H40N4O3.HI/c1-5-24-23(25-11-8-12-29-14-13-28-4)26-15-21-9-6-7-10-22(21)18-27-16-19(2)30-20(3)17-27;/h6-7,9-10,19-20H,5,8,11-18H2,1-4H3,(H2,24,25,26);1H. The number of benzene rings is 1. The van der Waals surface area contributed by atoms with E-state index in [-0.39, 0.29) is 36.2 Å². The summed E-state index contributed by atoms with van der Waals surface area (Å²) < 4.78 is 16.4. The summed E-state index contributed by atoms with van der Waals surface area (Å²) in [5, 5.41) is 6.72. The monoisotopic (exact) mass is 548 g/mol. The minimum absolute atomic E-state index is 0. The lowest BCUT2D eigenvalue weighted by atomic mass is 10.1. The van der Waals surface area contributed by atoms with Crippen LogP contribution in [0.4, 0.5) is 0 Å². The number of ether oxygens (including phenoxy) is 3. The van der Waals surface area contributed by atoms with Crippen molar-refractivity contribution < 1.29 is 14.2 Å². The van der Waals surface area contributed by atoms with Crippen molar-refractivity contribution in [3.05, 3.63) is 35.4 Å². The van der Waals surface area contributed by atoms with Crippen molar-refractivity contribution in [3.63, 3.8) is 0 Å². The predicted octanol–water partition coefficient (Wildman–Crippen LogP) is 3.02. The van der Waals surface area contributed by atoms with E-state index in [2.05, 4.69) is 60.6 Å². The fourth-order valence-electron chi connectivity index (χ4n) is 3.65. The number of nitrogens with zero attached hydrogens (tertiary/aromatic N) is 2. The molecule has 2 atom stereocenters. The highest BCUT2D eigenvalue weighted by atomic mass is 127. The SMILES string of the molecule is CCNC(=NCc1ccccc1CN1CC(C)OC(C)C1)NCCCOCCOC.I. The molecule has 8 heteroatoms. The smallest absolute Gasteiger partial charge is 0.191 e. The lowest BCUT2D eigenvalue weighted by Crippen LogP contribution is -2.44. The first kappa shape index (κ1) is 28.1. The molecule has 0 saturated carbocycles. The molecule has 0 radical (unpaired) electrons. The molecular formula is C23H41IN4O3. The largest absolute Gasteiger partial charge is 0.382 e. The van der Waals surface area contributed by atoms with Gasteiger partial charge in [0.15, 0.2) is 5.96 Å². The van der Waals surface area contributed by atoms with Crippen molar-refractivity contribution in [1.29, 1.82) is 0 Å². The third-order valence-corrected chi connectivity index (χ3v) is 4.95. The Morgan fingerprint density at radius 3 is 2.48 bits per heavy atom. The number of nitrogens with one attached hydrogen (secondary N) is 2. The van der Waals surface area contributed by atoms with Gasteiger partial charge in [0.1, 0.15) is 0 Å². The minimum Gasteiger partial charge on any atom is -0.382 e. The van der Waals surface area contributed by atoms with Gasteiger partial charge in [-0.25, -0.2) is 4.99 Å². The summed E-state index contributed by atoms with van der Waals surface area (Å²) in [6.45, 7) is 13.6. The van der Waals surface area contributed by atoms with E-state index >= 15 is 0 Å². The summed E-state index contributed by atoms with van der Waals surface area (Å²) in [5.41, 5.74) is 2.61. The van der Waals surface area contributed by atoms with Gasteiger partial charge in [-0.3, -0.25) is 4.90 Å². The summed E-state index contributed by atoms with van der Waals surface area (Å²) in [6.07, 6.45) is 1.49. The van der Waals surface area contributed by atoms with Gasteiger partial charge in [-0.05, 0) is 38.3 Å². The summed E-state index contributed by atoms with van der Waals surface area (Å²) >= 11 is 0. The fourth-order valence-corrected chi connectivity index (χ4v) is 3.65. The first-order chi connectivity index (χ1) is 14.6. The van der Waals surface area contributed by atoms with E-state index in [0.717, 1.165) is 51.7 Å². The third-order valence-electron chi connectivity index (χ3n) is 4.95. The lowest BCUT2D eigenvalue weighted by Gasteiger charge is -2.35. The van der Waals surface area contributed by atoms with Gasteiger partial charge in [0.25, 0.3) is 0 Å². The molecular weight excluding hydrogens is 507 g/mol. The molecule has 1 aromatic carbocycles. The molecule has 1 fully saturated rings. The van der Waals surface area contributed by atoms with Crippen molar-refractivity contribution in [1.82, 2.24) is 15.5 Å². The quantitative estimate of drug-likeness (QED) is 0.181. The van der Waals surface area contributed by atoms with E-state index in [4.69, 9.17) is 19.2 Å². The normalized spacial score (nSPS) is 19.7. The van der Waals surface area contributed by atoms with Crippen molar-refractivity contribution in [2.24, 2.45) is 4.99 Å². The zero-order chi connectivity index (χ0) is 21.6. The molecule has 0 aliphatic carbocycles. The van der Waals surface area contributed by atoms with Gasteiger partial charge in [-0.15, -0.1) is 24.0 Å². The Kier molecular flexibility index (Phi) is 15.1. The van der Waals surface area contributed by atoms with Crippen LogP contribution in [0.3, 0.4) is 0 Å². The van der Waals surface area contributed by atoms with Crippen LogP contribution in [0, 0.1) is 0 Å². The molecule has 1 saturated heterocycles. The van der Waals surface area contributed by atoms with E-state index in [0.29, 0.717) is 19.8 Å². The van der Waals surface area contributed by atoms with Gasteiger partial charge in [0.2, 0.25) is 0 Å². The Balaban J connectivity index is 0.00000480. The van der Waals surface area contributed by atoms with E-state index in [1.807, 2.05) is 0 Å². The molecule has 1 aliphatic heterocycles. The predicted molar refractivity (Wildman–Crippen MR) is 137 cm³/mol. The fraction of sp³-hybridized carbons (Fsp3) is 0.696. The molecule has 0 amide bonds. The zero-order valence-electron chi connectivity index (χ0n) is 19.6. The van der Waals surface area contributed by atoms with Crippen LogP contribution >= 0.6 is 24.0 Å². The highest BCUT2D eigenvalue weighted by Gasteiger charge is 2.22. The van der Waals surface area contributed by atoms with Crippen molar-refractivity contribution in [3.8, 4) is 0 Å². The molecule has 2 rings (SSSR count). The Hall–Kier alpha value is -0.940. The summed E-state index contributed by atoms with van der Waals surface area (Å²) in [6, 6.07) is 8.60. The molecule has 31 heavy (non-hydrogen) atoms. The molecule has 2 N–H and O–H groups in total. The van der Waals surface area contributed by atoms with Crippen LogP contribution < -0.4 is 10.6 Å². The van der Waals surface area contributed by atoms with Crippen LogP contribution in [0.1, 0.15) is 38.3 Å². The second kappa shape index (κ2) is 16.7. The molecule has 0 bridgehead atoms. The lowest BCUT2D eigenvalue weighted by molar-refractivity contribution is -0.0705. The van der Waals surface area contributed by atoms with Gasteiger partial charge in [0, 0.05) is 46.4 Å². The average molecular weight is 549 g/mol. The Morgan fingerprint density at radius 2 is 1.81 bits per heavy atom. The van der Waals surface area contributed by atoms with Crippen molar-refractivity contribution >= 4 is 29.9 Å². The summed E-state index contributed by atoms with van der Waals surface area (Å²) in [5.74, 6) is 0.845. The number of halogens is 1. The maximum Gasteiger partial charge on any atom is 0.191 e. The van der Waals surface area contributed by atoms with Crippen LogP contribution in [0.25, 0.3) is 0 Å². The Labute approximate surface area is 205 Å². The van der Waals surface area contributed by atoms with Gasteiger partial charge < -0.3 is 24.8 Å². The highest BCUT2D eigenvalue weighted by Crippen LogP contribution is 2.17. The van der Waals surface area contributed by atoms with Gasteiger partial charge in [0.05, 0.1) is 32.0 Å². The van der Waals surface area contributed by atoms with Crippen LogP contribution in [-0.4, -0.2) is 76.2 Å². The minimum atomic E-state index is 0. The number of methoxy groups -OCH3 is 1. The second-order valence-electron chi connectivity index (χ2n) is 7.80. The molecule has 0 aromatic heterocycles. The van der Waals surface area contributed by atoms with Gasteiger partial charge in [-0.2, -0.15) is 0 Å². The topological polar surface area (TPSA) is 67.4 Å². The molecule has 178 valence electrons. The number of morpholine rings is 1. The average Bonchev–Trinajstić information content (AvgIpc) is 2.71. The second-order valence-corrected chi connectivity index (χ2v) is 7.80. The van der Waals surface area contributed by atoms with Crippen LogP contribution in [0.15, 0.2) is 29.3 Å². The van der Waals surface area contributed by atoms with Crippen molar-refractivity contribution in [2.45, 2.75) is 52.5 Å². The molecule has 7 nitrogen and oxygen atoms in total. The van der Waals surface area contributed by atoms with Crippen LogP contribution in [0.5, 0.6) is 0 Å². The Morgan fingerprint density at radius 1 is 1.10 bits per heavy atom. The summed E-state index contributed by atoms with van der Waals surface area (Å²) in [7, 11) is 1.68. The molecule has 1 aliphatic rings. The molecule has 1 aromatic rings. The number of rotatable bonds is 12. The maximum absolute atomic E-state index is 5.87. The number of aliphatic imine (C=N–C) groups is 1. The van der Waals surface area contributed by atoms with Crippen molar-refractivity contribution in [2.75, 3.05) is 53.1 Å². The van der Waals surface area contributed by atoms with Crippen LogP contribution in [0.2, 0.25) is 0 Å². The van der Waals surface area contributed by atoms with E-state index in [1.165, 1.54) is 11.1 Å². The first-order valence-corrected chi connectivity index (χ1v) is 11.2. The third kappa shape index (κ3) is 11.5. The first-order valence-electron chi connectivity index (χ1n) is 11.2. The molecule has 2 unspecified atom stereocenters. The van der Waals surface area contributed by atoms with E-state index in [1.54, 1.807) is 7.11 Å².